The minimum Gasteiger partial charge on any atom is -0.325 e. The van der Waals surface area contributed by atoms with Crippen LogP contribution in [0.3, 0.4) is 0 Å². The third-order valence-corrected chi connectivity index (χ3v) is 2.08. The summed E-state index contributed by atoms with van der Waals surface area (Å²) in [6.45, 7) is 2.51. The van der Waals surface area contributed by atoms with Crippen LogP contribution < -0.4 is 5.73 Å². The number of aryl methyl sites for hydroxylation is 1. The molecule has 3 heteroatoms. The van der Waals surface area contributed by atoms with Gasteiger partial charge in [0.1, 0.15) is 5.82 Å². The highest BCUT2D eigenvalue weighted by atomic mass is 14.9. The van der Waals surface area contributed by atoms with Crippen LogP contribution in [-0.4, -0.2) is 9.97 Å². The minimum atomic E-state index is 0.517. The zero-order valence-electron chi connectivity index (χ0n) is 7.25. The molecule has 0 spiro atoms. The van der Waals surface area contributed by atoms with E-state index in [2.05, 4.69) is 9.97 Å². The van der Waals surface area contributed by atoms with E-state index in [0.29, 0.717) is 12.5 Å². The van der Waals surface area contributed by atoms with Crippen molar-refractivity contribution < 1.29 is 0 Å². The molecule has 64 valence electrons. The van der Waals surface area contributed by atoms with Crippen molar-refractivity contribution in [2.45, 2.75) is 32.2 Å². The van der Waals surface area contributed by atoms with Gasteiger partial charge >= 0.3 is 0 Å². The summed E-state index contributed by atoms with van der Waals surface area (Å²) in [6.07, 6.45) is 2.49. The van der Waals surface area contributed by atoms with Gasteiger partial charge in [-0.25, -0.2) is 9.97 Å². The summed E-state index contributed by atoms with van der Waals surface area (Å²) >= 11 is 0. The lowest BCUT2D eigenvalue weighted by molar-refractivity contribution is 0.851. The normalized spacial score (nSPS) is 16.5. The summed E-state index contributed by atoms with van der Waals surface area (Å²) in [4.78, 5) is 8.76. The molecule has 12 heavy (non-hydrogen) atoms. The highest BCUT2D eigenvalue weighted by Gasteiger charge is 2.26. The first-order valence-electron chi connectivity index (χ1n) is 4.34. The molecule has 0 bridgehead atoms. The predicted octanol–water partition coefficient (Wildman–Crippen LogP) is 1.12. The molecule has 0 radical (unpaired) electrons. The fourth-order valence-electron chi connectivity index (χ4n) is 1.29. The number of nitrogens with two attached hydrogens (primary N) is 1. The van der Waals surface area contributed by atoms with E-state index in [0.717, 1.165) is 17.2 Å². The van der Waals surface area contributed by atoms with E-state index in [4.69, 9.17) is 5.73 Å². The Morgan fingerprint density at radius 1 is 1.50 bits per heavy atom. The van der Waals surface area contributed by atoms with E-state index >= 15 is 0 Å². The second kappa shape index (κ2) is 2.83. The zero-order chi connectivity index (χ0) is 8.55. The van der Waals surface area contributed by atoms with Crippen LogP contribution in [0, 0.1) is 6.92 Å². The molecule has 0 saturated heterocycles. The second-order valence-corrected chi connectivity index (χ2v) is 3.34. The number of hydrogen-bond acceptors (Lipinski definition) is 3. The SMILES string of the molecule is Cc1cc(CN)nc(C2CC2)n1. The molecule has 0 amide bonds. The van der Waals surface area contributed by atoms with Gasteiger partial charge in [0.15, 0.2) is 0 Å². The van der Waals surface area contributed by atoms with Crippen molar-refractivity contribution in [3.05, 3.63) is 23.3 Å². The van der Waals surface area contributed by atoms with Gasteiger partial charge in [0, 0.05) is 18.2 Å². The maximum Gasteiger partial charge on any atom is 0.131 e. The van der Waals surface area contributed by atoms with E-state index in [1.807, 2.05) is 13.0 Å². The largest absolute Gasteiger partial charge is 0.325 e. The maximum absolute atomic E-state index is 5.52. The Morgan fingerprint density at radius 3 is 2.83 bits per heavy atom. The monoisotopic (exact) mass is 163 g/mol. The summed E-state index contributed by atoms with van der Waals surface area (Å²) in [7, 11) is 0. The molecule has 1 fully saturated rings. The third-order valence-electron chi connectivity index (χ3n) is 2.08. The molecule has 1 aliphatic rings. The Morgan fingerprint density at radius 2 is 2.25 bits per heavy atom. The molecule has 0 aromatic carbocycles. The quantitative estimate of drug-likeness (QED) is 0.710. The van der Waals surface area contributed by atoms with E-state index in [1.165, 1.54) is 12.8 Å². The van der Waals surface area contributed by atoms with Gasteiger partial charge in [-0.2, -0.15) is 0 Å². The molecule has 1 heterocycles. The fourth-order valence-corrected chi connectivity index (χ4v) is 1.29. The van der Waals surface area contributed by atoms with Gasteiger partial charge in [-0.15, -0.1) is 0 Å². The van der Waals surface area contributed by atoms with Crippen LogP contribution in [0.25, 0.3) is 0 Å². The average Bonchev–Trinajstić information content (AvgIpc) is 2.85. The van der Waals surface area contributed by atoms with Crippen LogP contribution >= 0.6 is 0 Å². The van der Waals surface area contributed by atoms with Crippen LogP contribution in [-0.2, 0) is 6.54 Å². The molecule has 1 aromatic rings. The lowest BCUT2D eigenvalue weighted by Crippen LogP contribution is -2.04. The molecule has 0 aliphatic heterocycles. The van der Waals surface area contributed by atoms with Crippen molar-refractivity contribution in [1.29, 1.82) is 0 Å². The predicted molar refractivity (Wildman–Crippen MR) is 46.6 cm³/mol. The van der Waals surface area contributed by atoms with Crippen LogP contribution in [0.4, 0.5) is 0 Å². The Bertz CT molecular complexity index is 292. The minimum absolute atomic E-state index is 0.517. The lowest BCUT2D eigenvalue weighted by atomic mass is 10.3. The smallest absolute Gasteiger partial charge is 0.131 e. The standard InChI is InChI=1S/C9H13N3/c1-6-4-8(5-10)12-9(11-6)7-2-3-7/h4,7H,2-3,5,10H2,1H3. The van der Waals surface area contributed by atoms with Gasteiger partial charge in [-0.05, 0) is 25.8 Å². The maximum atomic E-state index is 5.52. The highest BCUT2D eigenvalue weighted by Crippen LogP contribution is 2.37. The first-order chi connectivity index (χ1) is 5.79. The molecule has 2 rings (SSSR count). The first-order valence-corrected chi connectivity index (χ1v) is 4.34. The topological polar surface area (TPSA) is 51.8 Å². The van der Waals surface area contributed by atoms with Gasteiger partial charge in [0.25, 0.3) is 0 Å². The molecule has 1 aromatic heterocycles. The lowest BCUT2D eigenvalue weighted by Gasteiger charge is -2.01. The Labute approximate surface area is 72.0 Å². The molecule has 1 aliphatic carbocycles. The summed E-state index contributed by atoms with van der Waals surface area (Å²) < 4.78 is 0. The van der Waals surface area contributed by atoms with Crippen LogP contribution in [0.15, 0.2) is 6.07 Å². The van der Waals surface area contributed by atoms with Crippen LogP contribution in [0.5, 0.6) is 0 Å². The van der Waals surface area contributed by atoms with Crippen molar-refractivity contribution >= 4 is 0 Å². The van der Waals surface area contributed by atoms with E-state index in [1.54, 1.807) is 0 Å². The molecule has 3 nitrogen and oxygen atoms in total. The van der Waals surface area contributed by atoms with Crippen LogP contribution in [0.1, 0.15) is 36.0 Å². The van der Waals surface area contributed by atoms with Gasteiger partial charge in [0.05, 0.1) is 5.69 Å². The molecular weight excluding hydrogens is 150 g/mol. The van der Waals surface area contributed by atoms with Crippen molar-refractivity contribution in [3.63, 3.8) is 0 Å². The van der Waals surface area contributed by atoms with Crippen molar-refractivity contribution in [2.24, 2.45) is 5.73 Å². The highest BCUT2D eigenvalue weighted by molar-refractivity contribution is 5.14. The number of hydrogen-bond donors (Lipinski definition) is 1. The van der Waals surface area contributed by atoms with Crippen molar-refractivity contribution in [1.82, 2.24) is 9.97 Å². The van der Waals surface area contributed by atoms with Crippen molar-refractivity contribution in [2.75, 3.05) is 0 Å². The summed E-state index contributed by atoms with van der Waals surface area (Å²) in [5, 5.41) is 0. The molecule has 1 saturated carbocycles. The summed E-state index contributed by atoms with van der Waals surface area (Å²) in [5.41, 5.74) is 7.51. The van der Waals surface area contributed by atoms with Gasteiger partial charge in [0.2, 0.25) is 0 Å². The molecule has 2 N–H and O–H groups in total. The Kier molecular flexibility index (Phi) is 1.81. The Hall–Kier alpha value is -0.960. The summed E-state index contributed by atoms with van der Waals surface area (Å²) in [5.74, 6) is 1.62. The van der Waals surface area contributed by atoms with Crippen LogP contribution in [0.2, 0.25) is 0 Å². The van der Waals surface area contributed by atoms with Crippen molar-refractivity contribution in [3.8, 4) is 0 Å². The first kappa shape index (κ1) is 7.68. The number of nitrogens with zero attached hydrogens (tertiary/aromatic N) is 2. The average molecular weight is 163 g/mol. The fraction of sp³-hybridized carbons (Fsp3) is 0.556. The third kappa shape index (κ3) is 1.46. The molecule has 0 atom stereocenters. The molecule has 0 unspecified atom stereocenters. The molecular formula is C9H13N3. The van der Waals surface area contributed by atoms with E-state index in [9.17, 15) is 0 Å². The van der Waals surface area contributed by atoms with Gasteiger partial charge in [-0.3, -0.25) is 0 Å². The number of aromatic nitrogens is 2. The van der Waals surface area contributed by atoms with E-state index < -0.39 is 0 Å². The van der Waals surface area contributed by atoms with Gasteiger partial charge < -0.3 is 5.73 Å². The zero-order valence-corrected chi connectivity index (χ0v) is 7.25. The van der Waals surface area contributed by atoms with Gasteiger partial charge in [-0.1, -0.05) is 0 Å². The Balaban J connectivity index is 2.34. The number of rotatable bonds is 2. The second-order valence-electron chi connectivity index (χ2n) is 3.34. The van der Waals surface area contributed by atoms with E-state index in [-0.39, 0.29) is 0 Å². The summed E-state index contributed by atoms with van der Waals surface area (Å²) in [6, 6.07) is 1.95.